The van der Waals surface area contributed by atoms with E-state index in [9.17, 15) is 0 Å². The Balaban J connectivity index is 1.34. The Morgan fingerprint density at radius 3 is 1.79 bits per heavy atom. The fraction of sp³-hybridized carbons (Fsp3) is 0.143. The van der Waals surface area contributed by atoms with E-state index in [0.29, 0.717) is 0 Å². The van der Waals surface area contributed by atoms with Gasteiger partial charge in [-0.1, -0.05) is 137 Å². The maximum Gasteiger partial charge on any atom is 0.0588 e. The van der Waals surface area contributed by atoms with Crippen LogP contribution >= 0.6 is 0 Å². The lowest BCUT2D eigenvalue weighted by Gasteiger charge is -2.31. The Morgan fingerprint density at radius 1 is 0.419 bits per heavy atom. The molecule has 6 aromatic carbocycles. The monoisotopic (exact) mass is 551 g/mol. The summed E-state index contributed by atoms with van der Waals surface area (Å²) in [5.74, 6) is 0. The quantitative estimate of drug-likeness (QED) is 0.201. The Labute approximate surface area is 253 Å². The third-order valence-electron chi connectivity index (χ3n) is 10.3. The normalized spacial score (nSPS) is 15.3. The molecule has 0 atom stereocenters. The van der Waals surface area contributed by atoms with Crippen LogP contribution in [0.4, 0.5) is 0 Å². The van der Waals surface area contributed by atoms with Crippen LogP contribution in [0.1, 0.15) is 49.9 Å². The largest absolute Gasteiger partial charge is 0.309 e. The number of hydrogen-bond donors (Lipinski definition) is 0. The van der Waals surface area contributed by atoms with Gasteiger partial charge < -0.3 is 4.57 Å². The first-order valence-electron chi connectivity index (χ1n) is 15.4. The molecule has 1 heteroatoms. The highest BCUT2D eigenvalue weighted by molar-refractivity contribution is 6.13. The SMILES string of the molecule is CC1(C)c2ccccc2-c2ccc3c(c21)C(C)(C)c1c-3ccc2c3ccccc3n(-c3ccc(-c4ccccc4)cc3)c12. The zero-order valence-electron chi connectivity index (χ0n) is 25.1. The molecule has 0 bridgehead atoms. The predicted octanol–water partition coefficient (Wildman–Crippen LogP) is 11.1. The third-order valence-corrected chi connectivity index (χ3v) is 10.3. The first-order chi connectivity index (χ1) is 20.9. The highest BCUT2D eigenvalue weighted by Crippen LogP contribution is 2.60. The zero-order valence-corrected chi connectivity index (χ0v) is 25.1. The molecule has 1 heterocycles. The average Bonchev–Trinajstić information content (AvgIpc) is 3.58. The molecule has 0 unspecified atom stereocenters. The molecule has 0 saturated carbocycles. The summed E-state index contributed by atoms with van der Waals surface area (Å²) in [6.07, 6.45) is 0. The molecule has 206 valence electrons. The van der Waals surface area contributed by atoms with Crippen molar-refractivity contribution >= 4 is 21.8 Å². The van der Waals surface area contributed by atoms with Crippen molar-refractivity contribution < 1.29 is 0 Å². The molecule has 0 N–H and O–H groups in total. The van der Waals surface area contributed by atoms with Gasteiger partial charge in [-0.05, 0) is 73.8 Å². The van der Waals surface area contributed by atoms with Crippen LogP contribution in [-0.4, -0.2) is 4.57 Å². The molecular formula is C42H33N. The second-order valence-corrected chi connectivity index (χ2v) is 13.4. The average molecular weight is 552 g/mol. The molecule has 0 spiro atoms. The van der Waals surface area contributed by atoms with Crippen LogP contribution in [0.3, 0.4) is 0 Å². The van der Waals surface area contributed by atoms with Crippen molar-refractivity contribution in [2.45, 2.75) is 38.5 Å². The molecule has 2 aliphatic rings. The van der Waals surface area contributed by atoms with E-state index in [4.69, 9.17) is 0 Å². The molecule has 0 amide bonds. The molecule has 43 heavy (non-hydrogen) atoms. The van der Waals surface area contributed by atoms with Crippen LogP contribution in [-0.2, 0) is 10.8 Å². The Bertz CT molecular complexity index is 2260. The summed E-state index contributed by atoms with van der Waals surface area (Å²) in [7, 11) is 0. The van der Waals surface area contributed by atoms with Crippen molar-refractivity contribution in [2.75, 3.05) is 0 Å². The van der Waals surface area contributed by atoms with E-state index >= 15 is 0 Å². The van der Waals surface area contributed by atoms with Crippen molar-refractivity contribution in [3.05, 3.63) is 150 Å². The van der Waals surface area contributed by atoms with E-state index < -0.39 is 0 Å². The van der Waals surface area contributed by atoms with Gasteiger partial charge in [0.15, 0.2) is 0 Å². The first-order valence-corrected chi connectivity index (χ1v) is 15.4. The Hall–Kier alpha value is -4.88. The lowest BCUT2D eigenvalue weighted by Crippen LogP contribution is -2.24. The Kier molecular flexibility index (Phi) is 4.80. The zero-order chi connectivity index (χ0) is 29.1. The second kappa shape index (κ2) is 8.36. The van der Waals surface area contributed by atoms with Gasteiger partial charge in [-0.3, -0.25) is 0 Å². The van der Waals surface area contributed by atoms with Gasteiger partial charge in [-0.15, -0.1) is 0 Å². The highest BCUT2D eigenvalue weighted by Gasteiger charge is 2.46. The van der Waals surface area contributed by atoms with Crippen molar-refractivity contribution in [2.24, 2.45) is 0 Å². The summed E-state index contributed by atoms with van der Waals surface area (Å²) in [6, 6.07) is 47.2. The van der Waals surface area contributed by atoms with Crippen LogP contribution in [0.2, 0.25) is 0 Å². The van der Waals surface area contributed by atoms with Crippen LogP contribution in [0.25, 0.3) is 60.9 Å². The minimum absolute atomic E-state index is 0.0598. The number of fused-ring (bicyclic) bond motifs is 11. The fourth-order valence-corrected chi connectivity index (χ4v) is 8.49. The minimum atomic E-state index is -0.176. The summed E-state index contributed by atoms with van der Waals surface area (Å²) >= 11 is 0. The number of hydrogen-bond acceptors (Lipinski definition) is 0. The van der Waals surface area contributed by atoms with Crippen molar-refractivity contribution in [1.82, 2.24) is 4.57 Å². The van der Waals surface area contributed by atoms with Crippen LogP contribution in [0.5, 0.6) is 0 Å². The lowest BCUT2D eigenvalue weighted by atomic mass is 9.72. The molecule has 0 fully saturated rings. The van der Waals surface area contributed by atoms with E-state index in [2.05, 4.69) is 160 Å². The molecule has 1 aromatic heterocycles. The topological polar surface area (TPSA) is 4.93 Å². The van der Waals surface area contributed by atoms with Gasteiger partial charge in [0.1, 0.15) is 0 Å². The smallest absolute Gasteiger partial charge is 0.0588 e. The van der Waals surface area contributed by atoms with Gasteiger partial charge in [0.05, 0.1) is 11.0 Å². The van der Waals surface area contributed by atoms with Gasteiger partial charge in [0, 0.05) is 27.3 Å². The predicted molar refractivity (Wildman–Crippen MR) is 181 cm³/mol. The van der Waals surface area contributed by atoms with Crippen molar-refractivity contribution in [3.63, 3.8) is 0 Å². The van der Waals surface area contributed by atoms with E-state index in [0.717, 1.165) is 0 Å². The maximum atomic E-state index is 2.52. The summed E-state index contributed by atoms with van der Waals surface area (Å²) in [6.45, 7) is 9.74. The van der Waals surface area contributed by atoms with Gasteiger partial charge in [0.2, 0.25) is 0 Å². The molecule has 0 saturated heterocycles. The molecule has 2 aliphatic carbocycles. The van der Waals surface area contributed by atoms with Crippen molar-refractivity contribution in [1.29, 1.82) is 0 Å². The fourth-order valence-electron chi connectivity index (χ4n) is 8.49. The summed E-state index contributed by atoms with van der Waals surface area (Å²) in [4.78, 5) is 0. The Morgan fingerprint density at radius 2 is 1.00 bits per heavy atom. The van der Waals surface area contributed by atoms with E-state index in [1.807, 2.05) is 0 Å². The summed E-state index contributed by atoms with van der Waals surface area (Å²) in [5, 5.41) is 2.62. The second-order valence-electron chi connectivity index (χ2n) is 13.4. The lowest BCUT2D eigenvalue weighted by molar-refractivity contribution is 0.603. The summed E-state index contributed by atoms with van der Waals surface area (Å²) < 4.78 is 2.52. The number of para-hydroxylation sites is 1. The van der Waals surface area contributed by atoms with Gasteiger partial charge in [0.25, 0.3) is 0 Å². The number of rotatable bonds is 2. The van der Waals surface area contributed by atoms with Gasteiger partial charge >= 0.3 is 0 Å². The number of benzene rings is 6. The third kappa shape index (κ3) is 3.12. The first kappa shape index (κ1) is 24.7. The van der Waals surface area contributed by atoms with Gasteiger partial charge in [-0.25, -0.2) is 0 Å². The standard InChI is InChI=1S/C42H33N/c1-41(2)35-16-10-8-14-29(35)31-22-23-32-33-24-25-34-30-15-9-11-17-36(30)43(40(34)39(33)42(3,4)38(32)37(31)41)28-20-18-27(19-21-28)26-12-6-5-7-13-26/h5-25H,1-4H3. The molecule has 0 aliphatic heterocycles. The molecule has 7 aromatic rings. The van der Waals surface area contributed by atoms with E-state index in [1.165, 1.54) is 83.1 Å². The van der Waals surface area contributed by atoms with Crippen molar-refractivity contribution in [3.8, 4) is 39.1 Å². The van der Waals surface area contributed by atoms with E-state index in [1.54, 1.807) is 0 Å². The summed E-state index contributed by atoms with van der Waals surface area (Å²) in [5.41, 5.74) is 17.4. The number of nitrogens with zero attached hydrogens (tertiary/aromatic N) is 1. The van der Waals surface area contributed by atoms with Crippen LogP contribution in [0, 0.1) is 0 Å². The number of aromatic nitrogens is 1. The molecule has 9 rings (SSSR count). The maximum absolute atomic E-state index is 2.52. The van der Waals surface area contributed by atoms with Gasteiger partial charge in [-0.2, -0.15) is 0 Å². The highest BCUT2D eigenvalue weighted by atomic mass is 15.0. The van der Waals surface area contributed by atoms with E-state index in [-0.39, 0.29) is 10.8 Å². The van der Waals surface area contributed by atoms with Crippen LogP contribution in [0.15, 0.2) is 127 Å². The van der Waals surface area contributed by atoms with Crippen LogP contribution < -0.4 is 0 Å². The molecule has 1 nitrogen and oxygen atoms in total. The minimum Gasteiger partial charge on any atom is -0.309 e. The molecular weight excluding hydrogens is 518 g/mol. The molecule has 0 radical (unpaired) electrons.